The Kier molecular flexibility index (Phi) is 3.21. The van der Waals surface area contributed by atoms with Crippen LogP contribution in [0.2, 0.25) is 0 Å². The number of aliphatic hydroxyl groups is 3. The number of carbonyl (C=O) groups is 1. The molecule has 0 bridgehead atoms. The van der Waals surface area contributed by atoms with Gasteiger partial charge in [-0.25, -0.2) is 0 Å². The number of hydrogen-bond donors (Lipinski definition) is 4. The maximum Gasteiger partial charge on any atom is 0.252 e. The molecule has 76 valence electrons. The average molecular weight is 191 g/mol. The maximum absolute atomic E-state index is 11.1. The average Bonchev–Trinajstić information content (AvgIpc) is 2.33. The van der Waals surface area contributed by atoms with E-state index in [1.807, 2.05) is 0 Å². The molecule has 0 aromatic rings. The number of carbonyl (C=O) groups excluding carboxylic acids is 1. The molecule has 1 heterocycles. The van der Waals surface area contributed by atoms with Gasteiger partial charge in [-0.2, -0.15) is 0 Å². The minimum absolute atomic E-state index is 0.400. The van der Waals surface area contributed by atoms with Gasteiger partial charge in [0.1, 0.15) is 12.2 Å². The van der Waals surface area contributed by atoms with Gasteiger partial charge in [-0.05, 0) is 6.92 Å². The number of ether oxygens (including phenoxy) is 1. The van der Waals surface area contributed by atoms with E-state index in [9.17, 15) is 9.90 Å². The van der Waals surface area contributed by atoms with Crippen LogP contribution in [0, 0.1) is 0 Å². The van der Waals surface area contributed by atoms with E-state index in [-0.39, 0.29) is 0 Å². The summed E-state index contributed by atoms with van der Waals surface area (Å²) in [5.41, 5.74) is 0. The van der Waals surface area contributed by atoms with Crippen molar-refractivity contribution < 1.29 is 24.9 Å². The van der Waals surface area contributed by atoms with E-state index >= 15 is 0 Å². The zero-order chi connectivity index (χ0) is 10.0. The van der Waals surface area contributed by atoms with Gasteiger partial charge in [0.25, 0.3) is 5.91 Å². The van der Waals surface area contributed by atoms with Gasteiger partial charge in [0.15, 0.2) is 12.4 Å². The van der Waals surface area contributed by atoms with E-state index in [4.69, 9.17) is 10.2 Å². The Hall–Kier alpha value is -0.690. The van der Waals surface area contributed by atoms with Crippen molar-refractivity contribution in [3.63, 3.8) is 0 Å². The number of likely N-dealkylation sites (N-methyl/N-ethyl adjacent to an activating group) is 1. The third-order valence-corrected chi connectivity index (χ3v) is 1.85. The third-order valence-electron chi connectivity index (χ3n) is 1.85. The first-order valence-electron chi connectivity index (χ1n) is 4.05. The van der Waals surface area contributed by atoms with Crippen LogP contribution in [0.25, 0.3) is 0 Å². The first-order chi connectivity index (χ1) is 6.07. The summed E-state index contributed by atoms with van der Waals surface area (Å²) in [6, 6.07) is 0. The fourth-order valence-electron chi connectivity index (χ4n) is 1.15. The van der Waals surface area contributed by atoms with Crippen LogP contribution in [0.3, 0.4) is 0 Å². The van der Waals surface area contributed by atoms with Crippen molar-refractivity contribution in [3.8, 4) is 0 Å². The predicted molar refractivity (Wildman–Crippen MR) is 41.6 cm³/mol. The fraction of sp³-hybridized carbons (Fsp3) is 0.857. The quantitative estimate of drug-likeness (QED) is 0.388. The van der Waals surface area contributed by atoms with Crippen LogP contribution in [0.4, 0.5) is 0 Å². The molecular formula is C7H13NO5. The monoisotopic (exact) mass is 191 g/mol. The Morgan fingerprint density at radius 1 is 1.38 bits per heavy atom. The van der Waals surface area contributed by atoms with Gasteiger partial charge in [-0.3, -0.25) is 4.79 Å². The normalized spacial score (nSPS) is 39.1. The topological polar surface area (TPSA) is 99.0 Å². The lowest BCUT2D eigenvalue weighted by molar-refractivity contribution is -0.151. The van der Waals surface area contributed by atoms with Crippen LogP contribution < -0.4 is 5.32 Å². The highest BCUT2D eigenvalue weighted by Gasteiger charge is 2.45. The Bertz CT molecular complexity index is 197. The van der Waals surface area contributed by atoms with Crippen molar-refractivity contribution in [2.45, 2.75) is 31.5 Å². The molecule has 1 saturated heterocycles. The molecule has 4 atom stereocenters. The lowest BCUT2D eigenvalue weighted by Gasteiger charge is -2.12. The van der Waals surface area contributed by atoms with E-state index in [2.05, 4.69) is 10.1 Å². The molecule has 1 rings (SSSR count). The molecule has 1 aliphatic heterocycles. The van der Waals surface area contributed by atoms with Gasteiger partial charge in [-0.1, -0.05) is 0 Å². The van der Waals surface area contributed by atoms with Crippen molar-refractivity contribution in [3.05, 3.63) is 0 Å². The molecule has 1 aliphatic rings. The Morgan fingerprint density at radius 2 is 2.00 bits per heavy atom. The highest BCUT2D eigenvalue weighted by Crippen LogP contribution is 2.19. The molecule has 13 heavy (non-hydrogen) atoms. The molecule has 0 unspecified atom stereocenters. The lowest BCUT2D eigenvalue weighted by atomic mass is 10.1. The summed E-state index contributed by atoms with van der Waals surface area (Å²) in [6.45, 7) is 2.11. The van der Waals surface area contributed by atoms with Crippen molar-refractivity contribution in [1.29, 1.82) is 0 Å². The highest BCUT2D eigenvalue weighted by atomic mass is 16.6. The zero-order valence-corrected chi connectivity index (χ0v) is 7.17. The summed E-state index contributed by atoms with van der Waals surface area (Å²) >= 11 is 0. The van der Waals surface area contributed by atoms with Crippen LogP contribution in [0.1, 0.15) is 6.92 Å². The van der Waals surface area contributed by atoms with E-state index in [0.717, 1.165) is 0 Å². The van der Waals surface area contributed by atoms with Crippen molar-refractivity contribution in [1.82, 2.24) is 5.32 Å². The van der Waals surface area contributed by atoms with Crippen molar-refractivity contribution in [2.75, 3.05) is 6.54 Å². The Labute approximate surface area is 75.1 Å². The largest absolute Gasteiger partial charge is 0.387 e. The number of aliphatic hydroxyl groups excluding tert-OH is 3. The van der Waals surface area contributed by atoms with Gasteiger partial charge in [0.2, 0.25) is 0 Å². The van der Waals surface area contributed by atoms with E-state index in [0.29, 0.717) is 6.54 Å². The fourth-order valence-corrected chi connectivity index (χ4v) is 1.15. The summed E-state index contributed by atoms with van der Waals surface area (Å²) in [5, 5.41) is 29.6. The molecule has 1 amide bonds. The van der Waals surface area contributed by atoms with Gasteiger partial charge >= 0.3 is 0 Å². The van der Waals surface area contributed by atoms with Crippen LogP contribution in [0.5, 0.6) is 0 Å². The molecule has 0 aliphatic carbocycles. The molecule has 4 N–H and O–H groups in total. The smallest absolute Gasteiger partial charge is 0.252 e. The van der Waals surface area contributed by atoms with Gasteiger partial charge in [-0.15, -0.1) is 0 Å². The summed E-state index contributed by atoms with van der Waals surface area (Å²) in [5.74, 6) is -0.536. The number of nitrogens with one attached hydrogen (secondary N) is 1. The van der Waals surface area contributed by atoms with Crippen LogP contribution in [-0.4, -0.2) is 52.4 Å². The molecule has 0 spiro atoms. The molecule has 6 heteroatoms. The minimum atomic E-state index is -1.50. The SMILES string of the molecule is CCNC(=O)[C@H]1O[C@@H](O)[C@H](O)[C@@H]1O. The Balaban J connectivity index is 2.57. The van der Waals surface area contributed by atoms with Crippen molar-refractivity contribution in [2.24, 2.45) is 0 Å². The van der Waals surface area contributed by atoms with E-state index in [1.165, 1.54) is 0 Å². The summed E-state index contributed by atoms with van der Waals surface area (Å²) in [7, 11) is 0. The summed E-state index contributed by atoms with van der Waals surface area (Å²) in [6.07, 6.45) is -5.48. The number of amides is 1. The predicted octanol–water partition coefficient (Wildman–Crippen LogP) is -2.44. The van der Waals surface area contributed by atoms with Gasteiger partial charge < -0.3 is 25.4 Å². The molecule has 1 fully saturated rings. The molecule has 0 saturated carbocycles. The minimum Gasteiger partial charge on any atom is -0.387 e. The second kappa shape index (κ2) is 4.01. The highest BCUT2D eigenvalue weighted by molar-refractivity contribution is 5.81. The van der Waals surface area contributed by atoms with Crippen LogP contribution >= 0.6 is 0 Å². The van der Waals surface area contributed by atoms with Crippen LogP contribution in [0.15, 0.2) is 0 Å². The van der Waals surface area contributed by atoms with E-state index in [1.54, 1.807) is 6.92 Å². The van der Waals surface area contributed by atoms with Gasteiger partial charge in [0.05, 0.1) is 0 Å². The first kappa shape index (κ1) is 10.4. The summed E-state index contributed by atoms with van der Waals surface area (Å²) < 4.78 is 4.64. The standard InChI is InChI=1S/C7H13NO5/c1-2-8-6(11)5-3(9)4(10)7(12)13-5/h3-5,7,9-10,12H,2H2,1H3,(H,8,11)/t3-,4+,5-,7+/m0/s1. The first-order valence-corrected chi connectivity index (χ1v) is 4.05. The number of rotatable bonds is 2. The summed E-state index contributed by atoms with van der Waals surface area (Å²) in [4.78, 5) is 11.1. The van der Waals surface area contributed by atoms with Gasteiger partial charge in [0, 0.05) is 6.54 Å². The van der Waals surface area contributed by atoms with Crippen LogP contribution in [-0.2, 0) is 9.53 Å². The zero-order valence-electron chi connectivity index (χ0n) is 7.17. The molecular weight excluding hydrogens is 178 g/mol. The third kappa shape index (κ3) is 1.97. The molecule has 0 aromatic carbocycles. The second-order valence-electron chi connectivity index (χ2n) is 2.82. The molecule has 0 radical (unpaired) electrons. The number of hydrogen-bond acceptors (Lipinski definition) is 5. The molecule has 0 aromatic heterocycles. The molecule has 6 nitrogen and oxygen atoms in total. The Morgan fingerprint density at radius 3 is 2.38 bits per heavy atom. The second-order valence-corrected chi connectivity index (χ2v) is 2.82. The van der Waals surface area contributed by atoms with E-state index < -0.39 is 30.5 Å². The lowest BCUT2D eigenvalue weighted by Crippen LogP contribution is -2.42. The maximum atomic E-state index is 11.1. The van der Waals surface area contributed by atoms with Crippen molar-refractivity contribution >= 4 is 5.91 Å².